The largest absolute Gasteiger partial charge is 0.449 e. The molecule has 0 spiro atoms. The minimum Gasteiger partial charge on any atom is -0.449 e. The van der Waals surface area contributed by atoms with Gasteiger partial charge in [0.15, 0.2) is 0 Å². The fraction of sp³-hybridized carbons (Fsp3) is 0.889. The summed E-state index contributed by atoms with van der Waals surface area (Å²) in [5.74, 6) is 0. The molecule has 1 rings (SSSR count). The standard InChI is InChI=1S/C9H18N2O5S/c1-2-16-8(13)11-17(14,15)10-7-9(3-4-9)5-6-12/h10,12H,2-7H2,1H3,(H,11,13). The molecule has 1 fully saturated rings. The van der Waals surface area contributed by atoms with Gasteiger partial charge in [-0.3, -0.25) is 0 Å². The van der Waals surface area contributed by atoms with Gasteiger partial charge in [-0.25, -0.2) is 9.52 Å². The molecule has 0 aromatic carbocycles. The third kappa shape index (κ3) is 4.88. The smallest absolute Gasteiger partial charge is 0.421 e. The molecule has 0 radical (unpaired) electrons. The molecule has 7 nitrogen and oxygen atoms in total. The summed E-state index contributed by atoms with van der Waals surface area (Å²) in [4.78, 5) is 10.9. The molecule has 1 aliphatic rings. The number of aliphatic hydroxyl groups excluding tert-OH is 1. The van der Waals surface area contributed by atoms with Gasteiger partial charge in [0.05, 0.1) is 6.61 Å². The summed E-state index contributed by atoms with van der Waals surface area (Å²) in [6.07, 6.45) is 1.34. The molecule has 0 aromatic heterocycles. The fourth-order valence-corrected chi connectivity index (χ4v) is 2.33. The van der Waals surface area contributed by atoms with E-state index in [1.165, 1.54) is 0 Å². The highest BCUT2D eigenvalue weighted by Crippen LogP contribution is 2.47. The summed E-state index contributed by atoms with van der Waals surface area (Å²) in [6, 6.07) is 0. The van der Waals surface area contributed by atoms with Crippen LogP contribution in [0.2, 0.25) is 0 Å². The van der Waals surface area contributed by atoms with Crippen LogP contribution in [0.4, 0.5) is 4.79 Å². The van der Waals surface area contributed by atoms with Gasteiger partial charge in [-0.1, -0.05) is 0 Å². The quantitative estimate of drug-likeness (QED) is 0.588. The molecular weight excluding hydrogens is 248 g/mol. The van der Waals surface area contributed by atoms with Crippen LogP contribution in [-0.2, 0) is 14.9 Å². The van der Waals surface area contributed by atoms with E-state index in [0.29, 0.717) is 6.42 Å². The first-order valence-corrected chi connectivity index (χ1v) is 6.96. The van der Waals surface area contributed by atoms with Gasteiger partial charge in [0.1, 0.15) is 0 Å². The highest BCUT2D eigenvalue weighted by atomic mass is 32.2. The van der Waals surface area contributed by atoms with E-state index in [4.69, 9.17) is 5.11 Å². The van der Waals surface area contributed by atoms with E-state index in [-0.39, 0.29) is 25.2 Å². The van der Waals surface area contributed by atoms with Gasteiger partial charge < -0.3 is 9.84 Å². The zero-order valence-electron chi connectivity index (χ0n) is 9.73. The lowest BCUT2D eigenvalue weighted by Crippen LogP contribution is -2.42. The topological polar surface area (TPSA) is 105 Å². The van der Waals surface area contributed by atoms with Crippen LogP contribution in [-0.4, -0.2) is 39.4 Å². The Morgan fingerprint density at radius 1 is 1.47 bits per heavy atom. The summed E-state index contributed by atoms with van der Waals surface area (Å²) >= 11 is 0. The molecule has 100 valence electrons. The molecule has 0 unspecified atom stereocenters. The Morgan fingerprint density at radius 2 is 2.12 bits per heavy atom. The first kappa shape index (κ1) is 14.2. The lowest BCUT2D eigenvalue weighted by molar-refractivity contribution is 0.158. The van der Waals surface area contributed by atoms with E-state index in [2.05, 4.69) is 9.46 Å². The van der Waals surface area contributed by atoms with Crippen molar-refractivity contribution in [1.29, 1.82) is 0 Å². The highest BCUT2D eigenvalue weighted by Gasteiger charge is 2.42. The van der Waals surface area contributed by atoms with E-state index < -0.39 is 16.3 Å². The average Bonchev–Trinajstić information content (AvgIpc) is 2.96. The Hall–Kier alpha value is -0.860. The monoisotopic (exact) mass is 266 g/mol. The minimum absolute atomic E-state index is 0.0348. The number of nitrogens with one attached hydrogen (secondary N) is 2. The van der Waals surface area contributed by atoms with Gasteiger partial charge in [0, 0.05) is 13.2 Å². The summed E-state index contributed by atoms with van der Waals surface area (Å²) in [5, 5.41) is 8.82. The van der Waals surface area contributed by atoms with Gasteiger partial charge in [-0.15, -0.1) is 0 Å². The fourth-order valence-electron chi connectivity index (χ4n) is 1.48. The van der Waals surface area contributed by atoms with Crippen molar-refractivity contribution in [1.82, 2.24) is 9.44 Å². The van der Waals surface area contributed by atoms with Crippen molar-refractivity contribution in [2.75, 3.05) is 19.8 Å². The molecule has 0 aromatic rings. The van der Waals surface area contributed by atoms with Gasteiger partial charge in [-0.2, -0.15) is 13.1 Å². The molecule has 3 N–H and O–H groups in total. The molecule has 8 heteroatoms. The molecule has 17 heavy (non-hydrogen) atoms. The minimum atomic E-state index is -3.87. The van der Waals surface area contributed by atoms with E-state index in [9.17, 15) is 13.2 Å². The maximum Gasteiger partial charge on any atom is 0.421 e. The molecular formula is C9H18N2O5S. The molecule has 0 heterocycles. The average molecular weight is 266 g/mol. The van der Waals surface area contributed by atoms with Crippen LogP contribution in [0.3, 0.4) is 0 Å². The van der Waals surface area contributed by atoms with Crippen LogP contribution in [0.1, 0.15) is 26.2 Å². The summed E-state index contributed by atoms with van der Waals surface area (Å²) < 4.78 is 31.3. The van der Waals surface area contributed by atoms with Crippen molar-refractivity contribution in [3.63, 3.8) is 0 Å². The highest BCUT2D eigenvalue weighted by molar-refractivity contribution is 7.88. The Balaban J connectivity index is 2.37. The number of carbonyl (C=O) groups excluding carboxylic acids is 1. The number of rotatable bonds is 7. The van der Waals surface area contributed by atoms with Crippen LogP contribution in [0.5, 0.6) is 0 Å². The van der Waals surface area contributed by atoms with Crippen LogP contribution < -0.4 is 9.44 Å². The maximum atomic E-state index is 11.4. The van der Waals surface area contributed by atoms with Crippen LogP contribution in [0.25, 0.3) is 0 Å². The van der Waals surface area contributed by atoms with E-state index >= 15 is 0 Å². The number of hydrogen-bond acceptors (Lipinski definition) is 5. The second-order valence-electron chi connectivity index (χ2n) is 4.12. The van der Waals surface area contributed by atoms with Crippen LogP contribution in [0.15, 0.2) is 0 Å². The number of ether oxygens (including phenoxy) is 1. The normalized spacial score (nSPS) is 17.5. The SMILES string of the molecule is CCOC(=O)NS(=O)(=O)NCC1(CCO)CC1. The summed E-state index contributed by atoms with van der Waals surface area (Å²) in [5.41, 5.74) is -0.141. The van der Waals surface area contributed by atoms with Crippen molar-refractivity contribution in [3.05, 3.63) is 0 Å². The summed E-state index contributed by atoms with van der Waals surface area (Å²) in [6.45, 7) is 1.95. The van der Waals surface area contributed by atoms with Gasteiger partial charge in [-0.05, 0) is 31.6 Å². The second-order valence-corrected chi connectivity index (χ2v) is 5.62. The second kappa shape index (κ2) is 5.65. The molecule has 0 aliphatic heterocycles. The third-order valence-electron chi connectivity index (χ3n) is 2.73. The Morgan fingerprint density at radius 3 is 2.59 bits per heavy atom. The first-order valence-electron chi connectivity index (χ1n) is 5.48. The Labute approximate surface area is 101 Å². The van der Waals surface area contributed by atoms with E-state index in [0.717, 1.165) is 12.8 Å². The lowest BCUT2D eigenvalue weighted by atomic mass is 10.0. The predicted molar refractivity (Wildman–Crippen MR) is 60.5 cm³/mol. The third-order valence-corrected chi connectivity index (χ3v) is 3.69. The van der Waals surface area contributed by atoms with Crippen LogP contribution in [0, 0.1) is 5.41 Å². The number of carbonyl (C=O) groups is 1. The zero-order chi connectivity index (χ0) is 12.9. The first-order chi connectivity index (χ1) is 7.93. The van der Waals surface area contributed by atoms with Gasteiger partial charge in [0.2, 0.25) is 0 Å². The van der Waals surface area contributed by atoms with Crippen molar-refractivity contribution < 1.29 is 23.1 Å². The Bertz CT molecular complexity index is 364. The van der Waals surface area contributed by atoms with Crippen molar-refractivity contribution >= 4 is 16.3 Å². The van der Waals surface area contributed by atoms with Crippen LogP contribution >= 0.6 is 0 Å². The molecule has 1 saturated carbocycles. The van der Waals surface area contributed by atoms with E-state index in [1.54, 1.807) is 11.6 Å². The van der Waals surface area contributed by atoms with Gasteiger partial charge >= 0.3 is 16.3 Å². The zero-order valence-corrected chi connectivity index (χ0v) is 10.5. The molecule has 0 bridgehead atoms. The maximum absolute atomic E-state index is 11.4. The molecule has 1 amide bonds. The molecule has 0 saturated heterocycles. The Kier molecular flexibility index (Phi) is 4.72. The lowest BCUT2D eigenvalue weighted by Gasteiger charge is -2.14. The number of hydrogen-bond donors (Lipinski definition) is 3. The van der Waals surface area contributed by atoms with Crippen molar-refractivity contribution in [2.24, 2.45) is 5.41 Å². The number of aliphatic hydroxyl groups is 1. The van der Waals surface area contributed by atoms with Crippen molar-refractivity contribution in [3.8, 4) is 0 Å². The van der Waals surface area contributed by atoms with E-state index in [1.807, 2.05) is 0 Å². The number of amides is 1. The predicted octanol–water partition coefficient (Wildman–Crippen LogP) is -0.270. The molecule has 1 aliphatic carbocycles. The molecule has 0 atom stereocenters. The van der Waals surface area contributed by atoms with Gasteiger partial charge in [0.25, 0.3) is 0 Å². The summed E-state index contributed by atoms with van der Waals surface area (Å²) in [7, 11) is -3.87. The van der Waals surface area contributed by atoms with Crippen molar-refractivity contribution in [2.45, 2.75) is 26.2 Å².